The highest BCUT2D eigenvalue weighted by Crippen LogP contribution is 2.34. The number of para-hydroxylation sites is 2. The van der Waals surface area contributed by atoms with Gasteiger partial charge in [0.05, 0.1) is 16.6 Å². The highest BCUT2D eigenvalue weighted by atomic mass is 16.5. The lowest BCUT2D eigenvalue weighted by molar-refractivity contribution is 0.179. The predicted octanol–water partition coefficient (Wildman–Crippen LogP) is 3.41. The van der Waals surface area contributed by atoms with E-state index >= 15 is 0 Å². The molecule has 0 aliphatic rings. The molecule has 2 aromatic carbocycles. The van der Waals surface area contributed by atoms with Crippen LogP contribution in [-0.4, -0.2) is 46.7 Å². The van der Waals surface area contributed by atoms with Crippen LogP contribution in [0.15, 0.2) is 48.8 Å². The average molecular weight is 338 g/mol. The molecule has 6 nitrogen and oxygen atoms in total. The van der Waals surface area contributed by atoms with E-state index in [1.807, 2.05) is 45.3 Å². The molecule has 0 aliphatic carbocycles. The summed E-state index contributed by atoms with van der Waals surface area (Å²) in [5, 5.41) is 14.0. The van der Waals surface area contributed by atoms with E-state index in [2.05, 4.69) is 20.2 Å². The van der Waals surface area contributed by atoms with Gasteiger partial charge in [-0.3, -0.25) is 0 Å². The third-order valence-electron chi connectivity index (χ3n) is 3.73. The van der Waals surface area contributed by atoms with Crippen molar-refractivity contribution in [2.24, 2.45) is 0 Å². The van der Waals surface area contributed by atoms with Gasteiger partial charge in [-0.2, -0.15) is 0 Å². The molecule has 130 valence electrons. The lowest BCUT2D eigenvalue weighted by Gasteiger charge is -2.20. The molecule has 0 saturated heterocycles. The quantitative estimate of drug-likeness (QED) is 0.671. The Morgan fingerprint density at radius 3 is 2.68 bits per heavy atom. The van der Waals surface area contributed by atoms with Gasteiger partial charge in [-0.1, -0.05) is 18.2 Å². The molecular formula is C19H22N4O2. The van der Waals surface area contributed by atoms with Gasteiger partial charge in [-0.05, 0) is 45.3 Å². The van der Waals surface area contributed by atoms with Crippen LogP contribution in [0.5, 0.6) is 11.5 Å². The predicted molar refractivity (Wildman–Crippen MR) is 99.6 cm³/mol. The van der Waals surface area contributed by atoms with Crippen molar-refractivity contribution in [1.82, 2.24) is 14.9 Å². The third-order valence-corrected chi connectivity index (χ3v) is 3.73. The van der Waals surface area contributed by atoms with Crippen LogP contribution in [-0.2, 0) is 0 Å². The molecule has 1 atom stereocenters. The fraction of sp³-hybridized carbons (Fsp3) is 0.263. The van der Waals surface area contributed by atoms with Gasteiger partial charge in [0.15, 0.2) is 0 Å². The molecule has 1 heterocycles. The molecule has 0 spiro atoms. The minimum absolute atomic E-state index is 0.0128. The van der Waals surface area contributed by atoms with Crippen LogP contribution in [0.3, 0.4) is 0 Å². The monoisotopic (exact) mass is 338 g/mol. The number of benzene rings is 2. The minimum Gasteiger partial charge on any atom is -0.506 e. The molecule has 0 fully saturated rings. The number of rotatable bonds is 6. The van der Waals surface area contributed by atoms with Crippen LogP contribution in [0.2, 0.25) is 0 Å². The third kappa shape index (κ3) is 3.97. The van der Waals surface area contributed by atoms with Crippen molar-refractivity contribution in [1.29, 1.82) is 0 Å². The molecular weight excluding hydrogens is 316 g/mol. The topological polar surface area (TPSA) is 70.5 Å². The zero-order valence-corrected chi connectivity index (χ0v) is 14.6. The summed E-state index contributed by atoms with van der Waals surface area (Å²) in [4.78, 5) is 10.8. The van der Waals surface area contributed by atoms with Crippen molar-refractivity contribution in [3.05, 3.63) is 48.8 Å². The van der Waals surface area contributed by atoms with E-state index in [9.17, 15) is 5.11 Å². The van der Waals surface area contributed by atoms with Crippen LogP contribution in [0.25, 0.3) is 10.9 Å². The van der Waals surface area contributed by atoms with Gasteiger partial charge in [0.2, 0.25) is 0 Å². The van der Waals surface area contributed by atoms with Gasteiger partial charge in [0.1, 0.15) is 29.7 Å². The molecule has 0 radical (unpaired) electrons. The molecule has 0 saturated carbocycles. The van der Waals surface area contributed by atoms with E-state index < -0.39 is 0 Å². The summed E-state index contributed by atoms with van der Waals surface area (Å²) in [6, 6.07) is 12.8. The Hall–Kier alpha value is -2.86. The normalized spacial score (nSPS) is 12.3. The number of anilines is 2. The molecule has 6 heteroatoms. The van der Waals surface area contributed by atoms with E-state index in [-0.39, 0.29) is 11.9 Å². The van der Waals surface area contributed by atoms with Crippen LogP contribution in [0, 0.1) is 0 Å². The number of ether oxygens (including phenoxy) is 1. The maximum Gasteiger partial charge on any atom is 0.145 e. The van der Waals surface area contributed by atoms with Gasteiger partial charge in [0, 0.05) is 6.54 Å². The number of hydrogen-bond acceptors (Lipinski definition) is 6. The Balaban J connectivity index is 2.00. The smallest absolute Gasteiger partial charge is 0.145 e. The summed E-state index contributed by atoms with van der Waals surface area (Å²) < 4.78 is 6.12. The first kappa shape index (κ1) is 17.0. The number of aromatic hydroxyl groups is 1. The summed E-state index contributed by atoms with van der Waals surface area (Å²) in [5.74, 6) is 1.47. The van der Waals surface area contributed by atoms with Gasteiger partial charge < -0.3 is 20.1 Å². The molecule has 0 amide bonds. The maximum atomic E-state index is 10.0. The molecule has 3 rings (SSSR count). The highest BCUT2D eigenvalue weighted by molar-refractivity contribution is 5.96. The van der Waals surface area contributed by atoms with E-state index in [1.165, 1.54) is 6.33 Å². The Labute approximate surface area is 147 Å². The summed E-state index contributed by atoms with van der Waals surface area (Å²) in [5.41, 5.74) is 1.36. The second-order valence-electron chi connectivity index (χ2n) is 6.21. The largest absolute Gasteiger partial charge is 0.506 e. The SMILES string of the molecule is C[C@H](CN(C)C)Oc1cccc2ncnc(Nc3ccccc3O)c12. The summed E-state index contributed by atoms with van der Waals surface area (Å²) >= 11 is 0. The standard InChI is InChI=1S/C19H22N4O2/c1-13(11-23(2)3)25-17-10-6-8-15-18(17)19(21-12-20-15)22-14-7-4-5-9-16(14)24/h4-10,12-13,24H,11H2,1-3H3,(H,20,21,22)/t13-/m1/s1. The molecule has 2 N–H and O–H groups in total. The Bertz CT molecular complexity index is 862. The first-order valence-electron chi connectivity index (χ1n) is 8.14. The van der Waals surface area contributed by atoms with Crippen LogP contribution >= 0.6 is 0 Å². The Kier molecular flexibility index (Phi) is 5.00. The van der Waals surface area contributed by atoms with Crippen molar-refractivity contribution in [3.63, 3.8) is 0 Å². The molecule has 25 heavy (non-hydrogen) atoms. The lowest BCUT2D eigenvalue weighted by atomic mass is 10.2. The second-order valence-corrected chi connectivity index (χ2v) is 6.21. The van der Waals surface area contributed by atoms with E-state index in [1.54, 1.807) is 18.2 Å². The summed E-state index contributed by atoms with van der Waals surface area (Å²) in [6.07, 6.45) is 1.51. The fourth-order valence-electron chi connectivity index (χ4n) is 2.75. The van der Waals surface area contributed by atoms with Gasteiger partial charge in [-0.15, -0.1) is 0 Å². The van der Waals surface area contributed by atoms with Crippen LogP contribution < -0.4 is 10.1 Å². The Morgan fingerprint density at radius 2 is 1.92 bits per heavy atom. The molecule has 0 unspecified atom stereocenters. The minimum atomic E-state index is 0.0128. The molecule has 0 bridgehead atoms. The van der Waals surface area contributed by atoms with Crippen molar-refractivity contribution >= 4 is 22.4 Å². The van der Waals surface area contributed by atoms with Crippen molar-refractivity contribution in [2.45, 2.75) is 13.0 Å². The van der Waals surface area contributed by atoms with Crippen molar-refractivity contribution < 1.29 is 9.84 Å². The van der Waals surface area contributed by atoms with Gasteiger partial charge >= 0.3 is 0 Å². The zero-order chi connectivity index (χ0) is 17.8. The summed E-state index contributed by atoms with van der Waals surface area (Å²) in [6.45, 7) is 2.82. The van der Waals surface area contributed by atoms with E-state index in [4.69, 9.17) is 4.74 Å². The zero-order valence-electron chi connectivity index (χ0n) is 14.6. The van der Waals surface area contributed by atoms with Crippen LogP contribution in [0.4, 0.5) is 11.5 Å². The number of aromatic nitrogens is 2. The van der Waals surface area contributed by atoms with Crippen LogP contribution in [0.1, 0.15) is 6.92 Å². The fourth-order valence-corrected chi connectivity index (χ4v) is 2.75. The maximum absolute atomic E-state index is 10.0. The average Bonchev–Trinajstić information content (AvgIpc) is 2.56. The van der Waals surface area contributed by atoms with E-state index in [0.29, 0.717) is 17.3 Å². The van der Waals surface area contributed by atoms with Gasteiger partial charge in [0.25, 0.3) is 0 Å². The first-order chi connectivity index (χ1) is 12.0. The number of hydrogen-bond donors (Lipinski definition) is 2. The number of phenolic OH excluding ortho intramolecular Hbond substituents is 1. The van der Waals surface area contributed by atoms with Crippen molar-refractivity contribution in [3.8, 4) is 11.5 Å². The van der Waals surface area contributed by atoms with Gasteiger partial charge in [-0.25, -0.2) is 9.97 Å². The summed E-state index contributed by atoms with van der Waals surface area (Å²) in [7, 11) is 4.02. The number of likely N-dealkylation sites (N-methyl/N-ethyl adjacent to an activating group) is 1. The molecule has 3 aromatic rings. The molecule has 0 aliphatic heterocycles. The van der Waals surface area contributed by atoms with E-state index in [0.717, 1.165) is 17.4 Å². The van der Waals surface area contributed by atoms with Crippen molar-refractivity contribution in [2.75, 3.05) is 26.0 Å². The number of nitrogens with one attached hydrogen (secondary N) is 1. The highest BCUT2D eigenvalue weighted by Gasteiger charge is 2.14. The Morgan fingerprint density at radius 1 is 1.12 bits per heavy atom. The second kappa shape index (κ2) is 7.36. The molecule has 1 aromatic heterocycles. The first-order valence-corrected chi connectivity index (χ1v) is 8.14. The number of nitrogens with zero attached hydrogens (tertiary/aromatic N) is 3. The number of fused-ring (bicyclic) bond motifs is 1. The lowest BCUT2D eigenvalue weighted by Crippen LogP contribution is -2.28. The number of phenols is 1.